The number of hydrogen-bond acceptors (Lipinski definition) is 2. The Bertz CT molecular complexity index is 417. The SMILES string of the molecule is Cc1cc(C2OCC(C)(C)NC2C)ccc1F. The highest BCUT2D eigenvalue weighted by Crippen LogP contribution is 2.29. The minimum Gasteiger partial charge on any atom is -0.370 e. The van der Waals surface area contributed by atoms with Gasteiger partial charge in [-0.15, -0.1) is 0 Å². The van der Waals surface area contributed by atoms with E-state index in [1.165, 1.54) is 6.07 Å². The van der Waals surface area contributed by atoms with E-state index in [4.69, 9.17) is 4.74 Å². The molecule has 0 aromatic heterocycles. The Hall–Kier alpha value is -0.930. The van der Waals surface area contributed by atoms with E-state index in [1.54, 1.807) is 6.92 Å². The van der Waals surface area contributed by atoms with E-state index in [-0.39, 0.29) is 23.5 Å². The molecule has 1 heterocycles. The smallest absolute Gasteiger partial charge is 0.126 e. The lowest BCUT2D eigenvalue weighted by Crippen LogP contribution is -2.55. The maximum absolute atomic E-state index is 13.2. The van der Waals surface area contributed by atoms with Gasteiger partial charge in [-0.25, -0.2) is 4.39 Å². The molecule has 1 N–H and O–H groups in total. The Morgan fingerprint density at radius 2 is 2.12 bits per heavy atom. The molecule has 2 unspecified atom stereocenters. The first-order chi connectivity index (χ1) is 7.89. The van der Waals surface area contributed by atoms with Crippen LogP contribution in [0.15, 0.2) is 18.2 Å². The Balaban J connectivity index is 2.20. The molecule has 1 aliphatic rings. The number of rotatable bonds is 1. The fourth-order valence-corrected chi connectivity index (χ4v) is 2.41. The fourth-order valence-electron chi connectivity index (χ4n) is 2.41. The van der Waals surface area contributed by atoms with Crippen molar-refractivity contribution in [2.45, 2.75) is 45.4 Å². The largest absolute Gasteiger partial charge is 0.370 e. The summed E-state index contributed by atoms with van der Waals surface area (Å²) in [7, 11) is 0. The highest BCUT2D eigenvalue weighted by atomic mass is 19.1. The van der Waals surface area contributed by atoms with Crippen molar-refractivity contribution < 1.29 is 9.13 Å². The van der Waals surface area contributed by atoms with Gasteiger partial charge in [-0.1, -0.05) is 12.1 Å². The van der Waals surface area contributed by atoms with Crippen LogP contribution in [-0.2, 0) is 4.74 Å². The lowest BCUT2D eigenvalue weighted by Gasteiger charge is -2.41. The predicted molar refractivity (Wildman–Crippen MR) is 66.5 cm³/mol. The van der Waals surface area contributed by atoms with Crippen LogP contribution in [0, 0.1) is 12.7 Å². The van der Waals surface area contributed by atoms with Gasteiger partial charge < -0.3 is 10.1 Å². The number of nitrogens with one attached hydrogen (secondary N) is 1. The second kappa shape index (κ2) is 4.39. The second-order valence-electron chi connectivity index (χ2n) is 5.56. The third-order valence-electron chi connectivity index (χ3n) is 3.21. The molecule has 2 atom stereocenters. The quantitative estimate of drug-likeness (QED) is 0.810. The first kappa shape index (κ1) is 12.5. The maximum Gasteiger partial charge on any atom is 0.126 e. The van der Waals surface area contributed by atoms with E-state index in [9.17, 15) is 4.39 Å². The summed E-state index contributed by atoms with van der Waals surface area (Å²) in [5.41, 5.74) is 1.72. The van der Waals surface area contributed by atoms with Crippen LogP contribution in [0.4, 0.5) is 4.39 Å². The van der Waals surface area contributed by atoms with Crippen molar-refractivity contribution in [1.82, 2.24) is 5.32 Å². The van der Waals surface area contributed by atoms with Gasteiger partial charge in [0.1, 0.15) is 5.82 Å². The second-order valence-corrected chi connectivity index (χ2v) is 5.56. The zero-order valence-electron chi connectivity index (χ0n) is 10.9. The maximum atomic E-state index is 13.2. The minimum absolute atomic E-state index is 0.00215. The zero-order valence-corrected chi connectivity index (χ0v) is 10.9. The molecule has 2 nitrogen and oxygen atoms in total. The predicted octanol–water partition coefficient (Wildman–Crippen LogP) is 2.96. The first-order valence-corrected chi connectivity index (χ1v) is 6.04. The summed E-state index contributed by atoms with van der Waals surface area (Å²) < 4.78 is 19.1. The number of halogens is 1. The molecular formula is C14H20FNO. The van der Waals surface area contributed by atoms with Gasteiger partial charge in [0.05, 0.1) is 12.7 Å². The molecule has 1 aromatic carbocycles. The molecular weight excluding hydrogens is 217 g/mol. The molecule has 94 valence electrons. The van der Waals surface area contributed by atoms with Crippen molar-refractivity contribution in [2.75, 3.05) is 6.61 Å². The summed E-state index contributed by atoms with van der Waals surface area (Å²) >= 11 is 0. The van der Waals surface area contributed by atoms with E-state index in [1.807, 2.05) is 12.1 Å². The molecule has 0 radical (unpaired) electrons. The number of benzene rings is 1. The molecule has 0 saturated carbocycles. The normalized spacial score (nSPS) is 28.1. The van der Waals surface area contributed by atoms with Crippen LogP contribution in [0.5, 0.6) is 0 Å². The summed E-state index contributed by atoms with van der Waals surface area (Å²) in [6, 6.07) is 5.42. The monoisotopic (exact) mass is 237 g/mol. The van der Waals surface area contributed by atoms with E-state index in [0.29, 0.717) is 12.2 Å². The van der Waals surface area contributed by atoms with Gasteiger partial charge >= 0.3 is 0 Å². The van der Waals surface area contributed by atoms with Crippen LogP contribution in [0.25, 0.3) is 0 Å². The lowest BCUT2D eigenvalue weighted by atomic mass is 9.95. The van der Waals surface area contributed by atoms with Gasteiger partial charge in [0.15, 0.2) is 0 Å². The highest BCUT2D eigenvalue weighted by molar-refractivity contribution is 5.27. The highest BCUT2D eigenvalue weighted by Gasteiger charge is 2.33. The first-order valence-electron chi connectivity index (χ1n) is 6.04. The van der Waals surface area contributed by atoms with Gasteiger partial charge in [0, 0.05) is 11.6 Å². The van der Waals surface area contributed by atoms with E-state index >= 15 is 0 Å². The zero-order chi connectivity index (χ0) is 12.6. The van der Waals surface area contributed by atoms with Crippen LogP contribution in [-0.4, -0.2) is 18.2 Å². The molecule has 1 fully saturated rings. The number of hydrogen-bond donors (Lipinski definition) is 1. The van der Waals surface area contributed by atoms with Gasteiger partial charge in [0.25, 0.3) is 0 Å². The average molecular weight is 237 g/mol. The van der Waals surface area contributed by atoms with Gasteiger partial charge in [0.2, 0.25) is 0 Å². The molecule has 1 aromatic rings. The minimum atomic E-state index is -0.162. The van der Waals surface area contributed by atoms with Crippen molar-refractivity contribution in [3.8, 4) is 0 Å². The summed E-state index contributed by atoms with van der Waals surface area (Å²) in [5.74, 6) is -0.162. The Morgan fingerprint density at radius 1 is 1.41 bits per heavy atom. The lowest BCUT2D eigenvalue weighted by molar-refractivity contribution is -0.0496. The molecule has 0 aliphatic carbocycles. The van der Waals surface area contributed by atoms with E-state index in [2.05, 4.69) is 26.1 Å². The van der Waals surface area contributed by atoms with Crippen LogP contribution in [0.1, 0.15) is 38.0 Å². The van der Waals surface area contributed by atoms with Crippen LogP contribution in [0.3, 0.4) is 0 Å². The summed E-state index contributed by atoms with van der Waals surface area (Å²) in [4.78, 5) is 0. The summed E-state index contributed by atoms with van der Waals surface area (Å²) in [5, 5.41) is 3.52. The van der Waals surface area contributed by atoms with E-state index < -0.39 is 0 Å². The topological polar surface area (TPSA) is 21.3 Å². The fraction of sp³-hybridized carbons (Fsp3) is 0.571. The van der Waals surface area contributed by atoms with Gasteiger partial charge in [-0.3, -0.25) is 0 Å². The van der Waals surface area contributed by atoms with Crippen molar-refractivity contribution in [1.29, 1.82) is 0 Å². The standard InChI is InChI=1S/C14H20FNO/c1-9-7-11(5-6-12(9)15)13-10(2)16-14(3,4)8-17-13/h5-7,10,13,16H,8H2,1-4H3. The number of morpholine rings is 1. The number of aryl methyl sites for hydroxylation is 1. The van der Waals surface area contributed by atoms with Crippen LogP contribution < -0.4 is 5.32 Å². The Kier molecular flexibility index (Phi) is 3.23. The third kappa shape index (κ3) is 2.67. The summed E-state index contributed by atoms with van der Waals surface area (Å²) in [6.07, 6.45) is 0.00215. The molecule has 1 aliphatic heterocycles. The summed E-state index contributed by atoms with van der Waals surface area (Å²) in [6.45, 7) is 8.79. The molecule has 3 heteroatoms. The van der Waals surface area contributed by atoms with Crippen LogP contribution in [0.2, 0.25) is 0 Å². The average Bonchev–Trinajstić information content (AvgIpc) is 2.21. The third-order valence-corrected chi connectivity index (χ3v) is 3.21. The molecule has 17 heavy (non-hydrogen) atoms. The van der Waals surface area contributed by atoms with Crippen molar-refractivity contribution >= 4 is 0 Å². The van der Waals surface area contributed by atoms with E-state index in [0.717, 1.165) is 5.56 Å². The van der Waals surface area contributed by atoms with Crippen molar-refractivity contribution in [3.63, 3.8) is 0 Å². The number of ether oxygens (including phenoxy) is 1. The van der Waals surface area contributed by atoms with Gasteiger partial charge in [-0.05, 0) is 44.9 Å². The van der Waals surface area contributed by atoms with Crippen LogP contribution >= 0.6 is 0 Å². The molecule has 0 amide bonds. The van der Waals surface area contributed by atoms with Crippen molar-refractivity contribution in [2.24, 2.45) is 0 Å². The van der Waals surface area contributed by atoms with Crippen molar-refractivity contribution in [3.05, 3.63) is 35.1 Å². The Labute approximate surface area is 102 Å². The molecule has 1 saturated heterocycles. The Morgan fingerprint density at radius 3 is 2.71 bits per heavy atom. The van der Waals surface area contributed by atoms with Gasteiger partial charge in [-0.2, -0.15) is 0 Å². The molecule has 0 spiro atoms. The molecule has 2 rings (SSSR count). The molecule has 0 bridgehead atoms.